The molecule has 2 fully saturated rings. The predicted octanol–water partition coefficient (Wildman–Crippen LogP) is 3.19. The van der Waals surface area contributed by atoms with E-state index in [-0.39, 0.29) is 29.8 Å². The first-order valence-corrected chi connectivity index (χ1v) is 12.6. The Balaban J connectivity index is 1.33. The zero-order valence-corrected chi connectivity index (χ0v) is 19.4. The maximum absolute atomic E-state index is 14.0. The normalized spacial score (nSPS) is 18.7. The standard InChI is InChI=1S/C24H30FN3O3S/c1-18-6-5-8-22(19(18)2)26-14-16-27(17-15-26)24(29)20-10-12-28(13-11-20)32(30,31)23-9-4-3-7-21(23)25/h3-9,20H,10-17H2,1-2H3. The van der Waals surface area contributed by atoms with Crippen molar-refractivity contribution in [1.82, 2.24) is 9.21 Å². The fourth-order valence-electron chi connectivity index (χ4n) is 4.64. The maximum atomic E-state index is 14.0. The number of rotatable bonds is 4. The van der Waals surface area contributed by atoms with E-state index in [1.165, 1.54) is 39.3 Å². The van der Waals surface area contributed by atoms with Crippen LogP contribution in [0.1, 0.15) is 24.0 Å². The van der Waals surface area contributed by atoms with Crippen LogP contribution in [0.5, 0.6) is 0 Å². The van der Waals surface area contributed by atoms with E-state index in [0.29, 0.717) is 25.9 Å². The molecule has 0 aromatic heterocycles. The highest BCUT2D eigenvalue weighted by Crippen LogP contribution is 2.28. The summed E-state index contributed by atoms with van der Waals surface area (Å²) in [5, 5.41) is 0. The summed E-state index contributed by atoms with van der Waals surface area (Å²) >= 11 is 0. The van der Waals surface area contributed by atoms with Crippen molar-refractivity contribution in [3.05, 3.63) is 59.4 Å². The molecule has 2 heterocycles. The fraction of sp³-hybridized carbons (Fsp3) is 0.458. The highest BCUT2D eigenvalue weighted by Gasteiger charge is 2.35. The molecule has 0 unspecified atom stereocenters. The van der Waals surface area contributed by atoms with Crippen LogP contribution in [0.3, 0.4) is 0 Å². The lowest BCUT2D eigenvalue weighted by molar-refractivity contribution is -0.137. The number of piperazine rings is 1. The number of halogens is 1. The van der Waals surface area contributed by atoms with Crippen LogP contribution in [0, 0.1) is 25.6 Å². The van der Waals surface area contributed by atoms with Crippen LogP contribution in [0.15, 0.2) is 47.4 Å². The first-order valence-electron chi connectivity index (χ1n) is 11.1. The van der Waals surface area contributed by atoms with Crippen LogP contribution in [-0.4, -0.2) is 62.8 Å². The molecule has 1 amide bonds. The summed E-state index contributed by atoms with van der Waals surface area (Å²) in [5.74, 6) is -0.824. The number of carbonyl (C=O) groups excluding carboxylic acids is 1. The van der Waals surface area contributed by atoms with Crippen molar-refractivity contribution in [2.45, 2.75) is 31.6 Å². The quantitative estimate of drug-likeness (QED) is 0.705. The Hall–Kier alpha value is -2.45. The third kappa shape index (κ3) is 4.38. The first-order chi connectivity index (χ1) is 15.3. The van der Waals surface area contributed by atoms with Gasteiger partial charge in [0.25, 0.3) is 0 Å². The SMILES string of the molecule is Cc1cccc(N2CCN(C(=O)C3CCN(S(=O)(=O)c4ccccc4F)CC3)CC2)c1C. The zero-order valence-electron chi connectivity index (χ0n) is 18.6. The molecule has 0 atom stereocenters. The molecule has 6 nitrogen and oxygen atoms in total. The molecule has 0 radical (unpaired) electrons. The lowest BCUT2D eigenvalue weighted by Crippen LogP contribution is -2.52. The largest absolute Gasteiger partial charge is 0.368 e. The second-order valence-electron chi connectivity index (χ2n) is 8.64. The van der Waals surface area contributed by atoms with Crippen molar-refractivity contribution in [2.24, 2.45) is 5.92 Å². The zero-order chi connectivity index (χ0) is 22.9. The van der Waals surface area contributed by atoms with Gasteiger partial charge in [-0.25, -0.2) is 12.8 Å². The lowest BCUT2D eigenvalue weighted by Gasteiger charge is -2.39. The van der Waals surface area contributed by atoms with E-state index >= 15 is 0 Å². The number of anilines is 1. The van der Waals surface area contributed by atoms with E-state index in [2.05, 4.69) is 36.9 Å². The summed E-state index contributed by atoms with van der Waals surface area (Å²) in [5.41, 5.74) is 3.76. The van der Waals surface area contributed by atoms with Gasteiger partial charge in [-0.1, -0.05) is 24.3 Å². The topological polar surface area (TPSA) is 60.9 Å². The average molecular weight is 460 g/mol. The van der Waals surface area contributed by atoms with Crippen LogP contribution in [-0.2, 0) is 14.8 Å². The lowest BCUT2D eigenvalue weighted by atomic mass is 9.96. The van der Waals surface area contributed by atoms with Gasteiger partial charge in [0.1, 0.15) is 10.7 Å². The van der Waals surface area contributed by atoms with Gasteiger partial charge in [0, 0.05) is 50.9 Å². The van der Waals surface area contributed by atoms with Gasteiger partial charge in [-0.3, -0.25) is 4.79 Å². The van der Waals surface area contributed by atoms with Gasteiger partial charge in [-0.15, -0.1) is 0 Å². The van der Waals surface area contributed by atoms with Gasteiger partial charge in [0.2, 0.25) is 15.9 Å². The van der Waals surface area contributed by atoms with Crippen LogP contribution < -0.4 is 4.90 Å². The Bertz CT molecular complexity index is 1090. The number of nitrogens with zero attached hydrogens (tertiary/aromatic N) is 3. The predicted molar refractivity (Wildman–Crippen MR) is 123 cm³/mol. The number of benzene rings is 2. The van der Waals surface area contributed by atoms with Crippen LogP contribution in [0.4, 0.5) is 10.1 Å². The van der Waals surface area contributed by atoms with E-state index in [9.17, 15) is 17.6 Å². The van der Waals surface area contributed by atoms with E-state index in [1.54, 1.807) is 0 Å². The summed E-state index contributed by atoms with van der Waals surface area (Å²) in [6, 6.07) is 11.7. The van der Waals surface area contributed by atoms with Crippen LogP contribution in [0.25, 0.3) is 0 Å². The average Bonchev–Trinajstić information content (AvgIpc) is 2.81. The van der Waals surface area contributed by atoms with Crippen molar-refractivity contribution >= 4 is 21.6 Å². The maximum Gasteiger partial charge on any atom is 0.245 e. The van der Waals surface area contributed by atoms with Gasteiger partial charge >= 0.3 is 0 Å². The molecule has 2 aliphatic rings. The van der Waals surface area contributed by atoms with Crippen molar-refractivity contribution in [3.63, 3.8) is 0 Å². The minimum absolute atomic E-state index is 0.105. The van der Waals surface area contributed by atoms with Crippen LogP contribution in [0.2, 0.25) is 0 Å². The number of amides is 1. The van der Waals surface area contributed by atoms with Crippen molar-refractivity contribution in [1.29, 1.82) is 0 Å². The highest BCUT2D eigenvalue weighted by molar-refractivity contribution is 7.89. The van der Waals surface area contributed by atoms with Gasteiger partial charge < -0.3 is 9.80 Å². The van der Waals surface area contributed by atoms with E-state index in [0.717, 1.165) is 19.2 Å². The summed E-state index contributed by atoms with van der Waals surface area (Å²) in [4.78, 5) is 17.0. The van der Waals surface area contributed by atoms with Gasteiger partial charge in [0.05, 0.1) is 0 Å². The summed E-state index contributed by atoms with van der Waals surface area (Å²) in [6.07, 6.45) is 0.924. The molecular formula is C24H30FN3O3S. The smallest absolute Gasteiger partial charge is 0.245 e. The summed E-state index contributed by atoms with van der Waals surface area (Å²) in [7, 11) is -3.89. The molecule has 2 aromatic carbocycles. The fourth-order valence-corrected chi connectivity index (χ4v) is 6.17. The molecule has 172 valence electrons. The third-order valence-electron chi connectivity index (χ3n) is 6.77. The number of hydrogen-bond acceptors (Lipinski definition) is 4. The first kappa shape index (κ1) is 22.7. The number of sulfonamides is 1. The number of aryl methyl sites for hydroxylation is 1. The molecule has 2 aromatic rings. The van der Waals surface area contributed by atoms with Crippen molar-refractivity contribution in [2.75, 3.05) is 44.2 Å². The molecule has 0 bridgehead atoms. The van der Waals surface area contributed by atoms with Crippen molar-refractivity contribution in [3.8, 4) is 0 Å². The van der Waals surface area contributed by atoms with Crippen molar-refractivity contribution < 1.29 is 17.6 Å². The minimum Gasteiger partial charge on any atom is -0.368 e. The Morgan fingerprint density at radius 3 is 2.22 bits per heavy atom. The minimum atomic E-state index is -3.89. The van der Waals surface area contributed by atoms with Gasteiger partial charge in [-0.2, -0.15) is 4.31 Å². The van der Waals surface area contributed by atoms with E-state index in [4.69, 9.17) is 0 Å². The van der Waals surface area contributed by atoms with Gasteiger partial charge in [-0.05, 0) is 56.0 Å². The Morgan fingerprint density at radius 2 is 1.56 bits per heavy atom. The van der Waals surface area contributed by atoms with Crippen LogP contribution >= 0.6 is 0 Å². The molecule has 0 N–H and O–H groups in total. The third-order valence-corrected chi connectivity index (χ3v) is 8.70. The molecule has 8 heteroatoms. The summed E-state index contributed by atoms with van der Waals surface area (Å²) < 4.78 is 40.9. The number of hydrogen-bond donors (Lipinski definition) is 0. The highest BCUT2D eigenvalue weighted by atomic mass is 32.2. The molecule has 2 aliphatic heterocycles. The Labute approximate surface area is 189 Å². The van der Waals surface area contributed by atoms with E-state index < -0.39 is 15.8 Å². The van der Waals surface area contributed by atoms with Gasteiger partial charge in [0.15, 0.2) is 0 Å². The molecule has 0 spiro atoms. The molecular weight excluding hydrogens is 429 g/mol. The Morgan fingerprint density at radius 1 is 0.906 bits per heavy atom. The number of carbonyl (C=O) groups is 1. The Kier molecular flexibility index (Phi) is 6.53. The monoisotopic (exact) mass is 459 g/mol. The second kappa shape index (κ2) is 9.19. The second-order valence-corrected chi connectivity index (χ2v) is 10.5. The molecule has 2 saturated heterocycles. The molecule has 4 rings (SSSR count). The molecule has 0 saturated carbocycles. The molecule has 32 heavy (non-hydrogen) atoms. The van der Waals surface area contributed by atoms with E-state index in [1.807, 2.05) is 4.90 Å². The molecule has 0 aliphatic carbocycles. The number of piperidine rings is 1. The summed E-state index contributed by atoms with van der Waals surface area (Å²) in [6.45, 7) is 7.61.